The van der Waals surface area contributed by atoms with Crippen molar-refractivity contribution in [2.75, 3.05) is 12.4 Å². The number of rotatable bonds is 8. The third kappa shape index (κ3) is 5.56. The molecule has 11 heteroatoms. The predicted octanol–water partition coefficient (Wildman–Crippen LogP) is 5.63. The Bertz CT molecular complexity index is 1550. The summed E-state index contributed by atoms with van der Waals surface area (Å²) >= 11 is 0. The number of alkyl halides is 3. The molecule has 3 aromatic carbocycles. The van der Waals surface area contributed by atoms with Crippen LogP contribution in [0.3, 0.4) is 0 Å². The second kappa shape index (κ2) is 10.7. The summed E-state index contributed by atoms with van der Waals surface area (Å²) in [4.78, 5) is 15.4. The fourth-order valence-electron chi connectivity index (χ4n) is 4.73. The van der Waals surface area contributed by atoms with Crippen LogP contribution in [-0.2, 0) is 12.7 Å². The van der Waals surface area contributed by atoms with Crippen molar-refractivity contribution < 1.29 is 27.5 Å². The molecule has 208 valence electrons. The van der Waals surface area contributed by atoms with Crippen LogP contribution in [0.2, 0.25) is 0 Å². The summed E-state index contributed by atoms with van der Waals surface area (Å²) in [5.41, 5.74) is 5.77. The van der Waals surface area contributed by atoms with Gasteiger partial charge in [0.15, 0.2) is 5.69 Å². The number of hydrogen-bond donors (Lipinski definition) is 3. The second-order valence-electron chi connectivity index (χ2n) is 9.75. The summed E-state index contributed by atoms with van der Waals surface area (Å²) in [5, 5.41) is 16.6. The number of amides is 1. The smallest absolute Gasteiger partial charge is 0.435 e. The summed E-state index contributed by atoms with van der Waals surface area (Å²) in [6.07, 6.45) is -2.86. The first-order valence-electron chi connectivity index (χ1n) is 12.6. The van der Waals surface area contributed by atoms with Gasteiger partial charge in [0.2, 0.25) is 0 Å². The molecule has 1 atom stereocenters. The highest BCUT2D eigenvalue weighted by atomic mass is 19.4. The van der Waals surface area contributed by atoms with E-state index in [1.165, 1.54) is 24.3 Å². The van der Waals surface area contributed by atoms with Crippen LogP contribution in [-0.4, -0.2) is 38.8 Å². The zero-order valence-corrected chi connectivity index (χ0v) is 21.5. The fraction of sp³-hybridized carbons (Fsp3) is 0.241. The number of phenols is 1. The maximum Gasteiger partial charge on any atom is 0.435 e. The lowest BCUT2D eigenvalue weighted by Crippen LogP contribution is -2.28. The molecule has 0 aliphatic heterocycles. The number of carbonyl (C=O) groups excluding carboxylic acids is 1. The van der Waals surface area contributed by atoms with Crippen LogP contribution < -0.4 is 11.1 Å². The average Bonchev–Trinajstić information content (AvgIpc) is 3.68. The van der Waals surface area contributed by atoms with Gasteiger partial charge in [0.1, 0.15) is 17.3 Å². The molecule has 0 unspecified atom stereocenters. The third-order valence-electron chi connectivity index (χ3n) is 6.94. The number of benzene rings is 3. The van der Waals surface area contributed by atoms with Gasteiger partial charge in [-0.25, -0.2) is 9.07 Å². The Morgan fingerprint density at radius 3 is 2.55 bits per heavy atom. The van der Waals surface area contributed by atoms with Gasteiger partial charge < -0.3 is 16.2 Å². The van der Waals surface area contributed by atoms with Gasteiger partial charge in [-0.15, -0.1) is 0 Å². The van der Waals surface area contributed by atoms with E-state index in [1.807, 2.05) is 7.05 Å². The Balaban J connectivity index is 1.53. The highest BCUT2D eigenvalue weighted by Gasteiger charge is 2.37. The zero-order valence-electron chi connectivity index (χ0n) is 21.5. The molecular weight excluding hydrogens is 526 g/mol. The van der Waals surface area contributed by atoms with Crippen LogP contribution in [0.4, 0.5) is 23.2 Å². The van der Waals surface area contributed by atoms with Crippen molar-refractivity contribution in [3.8, 4) is 11.4 Å². The topological polar surface area (TPSA) is 96.4 Å². The molecule has 5 rings (SSSR count). The highest BCUT2D eigenvalue weighted by Crippen LogP contribution is 2.40. The van der Waals surface area contributed by atoms with Gasteiger partial charge in [-0.2, -0.15) is 18.3 Å². The van der Waals surface area contributed by atoms with Crippen LogP contribution >= 0.6 is 0 Å². The number of aromatic nitrogens is 2. The first-order valence-corrected chi connectivity index (χ1v) is 12.6. The van der Waals surface area contributed by atoms with Gasteiger partial charge >= 0.3 is 6.18 Å². The Morgan fingerprint density at radius 2 is 1.88 bits per heavy atom. The molecule has 0 radical (unpaired) electrons. The maximum absolute atomic E-state index is 15.0. The van der Waals surface area contributed by atoms with Crippen LogP contribution in [0.25, 0.3) is 5.69 Å². The minimum Gasteiger partial charge on any atom is -0.508 e. The number of aromatic hydroxyl groups is 1. The second-order valence-corrected chi connectivity index (χ2v) is 9.75. The lowest BCUT2D eigenvalue weighted by atomic mass is 9.95. The van der Waals surface area contributed by atoms with E-state index in [4.69, 9.17) is 5.73 Å². The molecule has 1 aliphatic rings. The molecule has 1 aliphatic carbocycles. The molecule has 7 nitrogen and oxygen atoms in total. The highest BCUT2D eigenvalue weighted by molar-refractivity contribution is 6.03. The van der Waals surface area contributed by atoms with Gasteiger partial charge in [-0.1, -0.05) is 36.4 Å². The number of carbonyl (C=O) groups is 1. The molecule has 1 fully saturated rings. The molecule has 1 aromatic heterocycles. The Hall–Kier alpha value is -4.22. The summed E-state index contributed by atoms with van der Waals surface area (Å²) in [6, 6.07) is 17.7. The van der Waals surface area contributed by atoms with Crippen LogP contribution in [0.1, 0.15) is 51.8 Å². The van der Waals surface area contributed by atoms with Crippen LogP contribution in [0.15, 0.2) is 72.8 Å². The van der Waals surface area contributed by atoms with E-state index < -0.39 is 35.3 Å². The number of anilines is 1. The number of hydrogen-bond acceptors (Lipinski definition) is 5. The molecule has 40 heavy (non-hydrogen) atoms. The van der Waals surface area contributed by atoms with Crippen molar-refractivity contribution in [1.82, 2.24) is 14.7 Å². The van der Waals surface area contributed by atoms with Gasteiger partial charge in [-0.3, -0.25) is 9.69 Å². The lowest BCUT2D eigenvalue weighted by molar-refractivity contribution is -0.141. The average molecular weight is 554 g/mol. The van der Waals surface area contributed by atoms with Crippen molar-refractivity contribution in [1.29, 1.82) is 0 Å². The van der Waals surface area contributed by atoms with E-state index in [2.05, 4.69) is 15.3 Å². The van der Waals surface area contributed by atoms with E-state index in [0.29, 0.717) is 22.8 Å². The van der Waals surface area contributed by atoms with E-state index in [1.54, 1.807) is 42.5 Å². The van der Waals surface area contributed by atoms with Crippen LogP contribution in [0, 0.1) is 5.82 Å². The standard InChI is InChI=1S/C29H27F4N5O2/c1-37(19-10-11-19)27(21-7-2-3-8-25(21)39)18-9-12-22(30)23(14-18)35-28(40)24-15-26(29(31,32)33)36-38(24)20-6-4-5-17(13-20)16-34/h2-9,12-15,19,27,39H,10-11,16,34H2,1H3,(H,35,40)/t27-/m1/s1. The van der Waals surface area contributed by atoms with Gasteiger partial charge in [0.05, 0.1) is 17.4 Å². The molecule has 0 spiro atoms. The number of phenolic OH excluding ortho intramolecular Hbond substituents is 1. The molecule has 1 heterocycles. The SMILES string of the molecule is CN(C1CC1)[C@H](c1ccc(F)c(NC(=O)c2cc(C(F)(F)F)nn2-c2cccc(CN)c2)c1)c1ccccc1O. The lowest BCUT2D eigenvalue weighted by Gasteiger charge is -2.30. The minimum absolute atomic E-state index is 0.0678. The van der Waals surface area contributed by atoms with E-state index in [0.717, 1.165) is 17.5 Å². The molecule has 4 N–H and O–H groups in total. The summed E-state index contributed by atoms with van der Waals surface area (Å²) in [7, 11) is 1.91. The number of nitrogens with one attached hydrogen (secondary N) is 1. The van der Waals surface area contributed by atoms with Crippen molar-refractivity contribution >= 4 is 11.6 Å². The zero-order chi connectivity index (χ0) is 28.6. The molecule has 4 aromatic rings. The van der Waals surface area contributed by atoms with Gasteiger partial charge in [0.25, 0.3) is 5.91 Å². The van der Waals surface area contributed by atoms with Crippen molar-refractivity contribution in [2.45, 2.75) is 37.6 Å². The Morgan fingerprint density at radius 1 is 1.12 bits per heavy atom. The van der Waals surface area contributed by atoms with Crippen molar-refractivity contribution in [3.63, 3.8) is 0 Å². The number of nitrogens with zero attached hydrogens (tertiary/aromatic N) is 3. The first-order chi connectivity index (χ1) is 19.1. The summed E-state index contributed by atoms with van der Waals surface area (Å²) in [6.45, 7) is 0.133. The number of para-hydroxylation sites is 1. The van der Waals surface area contributed by atoms with Gasteiger partial charge in [-0.05, 0) is 61.3 Å². The molecule has 1 amide bonds. The van der Waals surface area contributed by atoms with Crippen molar-refractivity contribution in [3.05, 3.63) is 107 Å². The number of nitrogens with two attached hydrogens (primary N) is 1. The fourth-order valence-corrected chi connectivity index (χ4v) is 4.73. The normalized spacial score (nSPS) is 14.4. The quantitative estimate of drug-likeness (QED) is 0.246. The summed E-state index contributed by atoms with van der Waals surface area (Å²) in [5.74, 6) is -1.68. The molecule has 1 saturated carbocycles. The molecular formula is C29H27F4N5O2. The molecule has 0 bridgehead atoms. The third-order valence-corrected chi connectivity index (χ3v) is 6.94. The van der Waals surface area contributed by atoms with Crippen molar-refractivity contribution in [2.24, 2.45) is 5.73 Å². The van der Waals surface area contributed by atoms with Gasteiger partial charge in [0, 0.05) is 24.2 Å². The first kappa shape index (κ1) is 27.4. The number of halogens is 4. The van der Waals surface area contributed by atoms with E-state index in [9.17, 15) is 27.5 Å². The minimum atomic E-state index is -4.81. The monoisotopic (exact) mass is 553 g/mol. The predicted molar refractivity (Wildman–Crippen MR) is 142 cm³/mol. The largest absolute Gasteiger partial charge is 0.508 e. The maximum atomic E-state index is 15.0. The Kier molecular flexibility index (Phi) is 7.35. The molecule has 0 saturated heterocycles. The van der Waals surface area contributed by atoms with E-state index >= 15 is 0 Å². The Labute approximate surface area is 227 Å². The van der Waals surface area contributed by atoms with E-state index in [-0.39, 0.29) is 29.7 Å². The summed E-state index contributed by atoms with van der Waals surface area (Å²) < 4.78 is 56.5. The van der Waals surface area contributed by atoms with Crippen LogP contribution in [0.5, 0.6) is 5.75 Å².